The second kappa shape index (κ2) is 9.09. The number of aromatic nitrogens is 1. The summed E-state index contributed by atoms with van der Waals surface area (Å²) in [7, 11) is -2.17. The Balaban J connectivity index is 1.74. The number of hydrogen-bond acceptors (Lipinski definition) is 6. The highest BCUT2D eigenvalue weighted by atomic mass is 35.5. The summed E-state index contributed by atoms with van der Waals surface area (Å²) >= 11 is 5.89. The molecule has 0 spiro atoms. The molecule has 1 saturated heterocycles. The average molecular weight is 426 g/mol. The molecule has 1 aliphatic rings. The summed E-state index contributed by atoms with van der Waals surface area (Å²) in [5, 5.41) is 4.52. The molecule has 0 radical (unpaired) electrons. The maximum Gasteiger partial charge on any atom is 0.248 e. The molecule has 0 saturated carbocycles. The van der Waals surface area contributed by atoms with Gasteiger partial charge in [0.25, 0.3) is 0 Å². The molecule has 1 aliphatic heterocycles. The second-order valence-electron chi connectivity index (χ2n) is 6.63. The first-order valence-corrected chi connectivity index (χ1v) is 10.9. The number of morpholine rings is 1. The number of sulfonamides is 1. The maximum absolute atomic E-state index is 13.1. The first-order chi connectivity index (χ1) is 13.4. The molecular formula is C19H24ClN3O4S. The number of benzene rings is 1. The minimum atomic E-state index is -3.73. The minimum Gasteiger partial charge on any atom is -0.378 e. The number of rotatable bonds is 7. The van der Waals surface area contributed by atoms with E-state index in [-0.39, 0.29) is 10.7 Å². The highest BCUT2D eigenvalue weighted by Crippen LogP contribution is 2.25. The molecule has 1 aromatic carbocycles. The van der Waals surface area contributed by atoms with E-state index in [4.69, 9.17) is 20.9 Å². The van der Waals surface area contributed by atoms with E-state index in [1.807, 2.05) is 18.3 Å². The van der Waals surface area contributed by atoms with Crippen molar-refractivity contribution >= 4 is 27.7 Å². The minimum absolute atomic E-state index is 0.107. The van der Waals surface area contributed by atoms with Gasteiger partial charge in [-0.05, 0) is 31.0 Å². The predicted octanol–water partition coefficient (Wildman–Crippen LogP) is 2.80. The third kappa shape index (κ3) is 4.94. The number of likely N-dealkylation sites (N-methyl/N-ethyl adjacent to an activating group) is 1. The lowest BCUT2D eigenvalue weighted by Crippen LogP contribution is -2.32. The van der Waals surface area contributed by atoms with E-state index in [2.05, 4.69) is 10.1 Å². The summed E-state index contributed by atoms with van der Waals surface area (Å²) in [6.45, 7) is 4.78. The third-order valence-electron chi connectivity index (χ3n) is 4.61. The van der Waals surface area contributed by atoms with Crippen molar-refractivity contribution in [1.29, 1.82) is 0 Å². The Hall–Kier alpha value is -1.87. The molecule has 152 valence electrons. The molecule has 3 rings (SSSR count). The lowest BCUT2D eigenvalue weighted by atomic mass is 10.1. The molecule has 0 bridgehead atoms. The first kappa shape index (κ1) is 20.9. The van der Waals surface area contributed by atoms with Gasteiger partial charge >= 0.3 is 0 Å². The second-order valence-corrected chi connectivity index (χ2v) is 9.05. The summed E-state index contributed by atoms with van der Waals surface area (Å²) in [6, 6.07) is 7.38. The van der Waals surface area contributed by atoms with E-state index in [0.29, 0.717) is 36.9 Å². The molecule has 1 aromatic heterocycles. The van der Waals surface area contributed by atoms with Crippen molar-refractivity contribution in [3.05, 3.63) is 52.5 Å². The van der Waals surface area contributed by atoms with Crippen molar-refractivity contribution in [3.8, 4) is 0 Å². The zero-order chi connectivity index (χ0) is 20.1. The number of ether oxygens (including phenoxy) is 1. The Morgan fingerprint density at radius 2 is 1.93 bits per heavy atom. The Bertz CT molecular complexity index is 919. The largest absolute Gasteiger partial charge is 0.378 e. The average Bonchev–Trinajstić information content (AvgIpc) is 3.07. The Morgan fingerprint density at radius 3 is 2.61 bits per heavy atom. The molecule has 0 atom stereocenters. The van der Waals surface area contributed by atoms with Crippen LogP contribution in [0.25, 0.3) is 6.08 Å². The summed E-state index contributed by atoms with van der Waals surface area (Å²) in [5.74, 6) is 0.238. The Labute approximate surface area is 170 Å². The van der Waals surface area contributed by atoms with Gasteiger partial charge in [0.2, 0.25) is 10.0 Å². The monoisotopic (exact) mass is 425 g/mol. The summed E-state index contributed by atoms with van der Waals surface area (Å²) in [4.78, 5) is 2.16. The van der Waals surface area contributed by atoms with Crippen LogP contribution in [-0.2, 0) is 21.2 Å². The van der Waals surface area contributed by atoms with Crippen LogP contribution >= 0.6 is 11.6 Å². The Morgan fingerprint density at radius 1 is 1.25 bits per heavy atom. The fourth-order valence-corrected chi connectivity index (χ4v) is 4.45. The normalized spacial score (nSPS) is 15.6. The molecule has 1 fully saturated rings. The standard InChI is InChI=1S/C19H24ClN3O4S/c1-15-19(18(27-21-15)8-10-23-11-13-26-14-12-23)28(24,25)22(2)9-7-16-3-5-17(20)6-4-16/h3-6,8,10H,7,9,11-14H2,1-2H3/b10-8+. The van der Waals surface area contributed by atoms with Crippen LogP contribution < -0.4 is 0 Å². The molecule has 0 amide bonds. The lowest BCUT2D eigenvalue weighted by Gasteiger charge is -2.24. The van der Waals surface area contributed by atoms with E-state index in [9.17, 15) is 8.42 Å². The molecule has 7 nitrogen and oxygen atoms in total. The summed E-state index contributed by atoms with van der Waals surface area (Å²) in [6.07, 6.45) is 4.07. The maximum atomic E-state index is 13.1. The van der Waals surface area contributed by atoms with Crippen molar-refractivity contribution in [2.24, 2.45) is 0 Å². The van der Waals surface area contributed by atoms with Gasteiger partial charge in [0, 0.05) is 44.0 Å². The van der Waals surface area contributed by atoms with E-state index in [0.717, 1.165) is 18.7 Å². The van der Waals surface area contributed by atoms with Gasteiger partial charge in [-0.25, -0.2) is 12.7 Å². The van der Waals surface area contributed by atoms with Crippen LogP contribution in [0.2, 0.25) is 5.02 Å². The topological polar surface area (TPSA) is 75.9 Å². The van der Waals surface area contributed by atoms with Gasteiger partial charge in [0.05, 0.1) is 13.2 Å². The van der Waals surface area contributed by atoms with Crippen LogP contribution in [0.5, 0.6) is 0 Å². The number of halogens is 1. The number of nitrogens with zero attached hydrogens (tertiary/aromatic N) is 3. The van der Waals surface area contributed by atoms with Crippen molar-refractivity contribution in [2.45, 2.75) is 18.2 Å². The zero-order valence-corrected chi connectivity index (χ0v) is 17.5. The van der Waals surface area contributed by atoms with Gasteiger partial charge in [-0.3, -0.25) is 0 Å². The quantitative estimate of drug-likeness (QED) is 0.679. The van der Waals surface area contributed by atoms with E-state index in [1.165, 1.54) is 4.31 Å². The van der Waals surface area contributed by atoms with Crippen molar-refractivity contribution in [2.75, 3.05) is 39.9 Å². The highest BCUT2D eigenvalue weighted by molar-refractivity contribution is 7.89. The number of aryl methyl sites for hydroxylation is 1. The van der Waals surface area contributed by atoms with Crippen LogP contribution in [-0.4, -0.2) is 62.7 Å². The van der Waals surface area contributed by atoms with E-state index < -0.39 is 10.0 Å². The molecule has 0 unspecified atom stereocenters. The summed E-state index contributed by atoms with van der Waals surface area (Å²) < 4.78 is 38.1. The van der Waals surface area contributed by atoms with Crippen molar-refractivity contribution in [1.82, 2.24) is 14.4 Å². The van der Waals surface area contributed by atoms with E-state index >= 15 is 0 Å². The molecule has 0 N–H and O–H groups in total. The smallest absolute Gasteiger partial charge is 0.248 e. The fourth-order valence-electron chi connectivity index (χ4n) is 2.91. The third-order valence-corrected chi connectivity index (χ3v) is 6.88. The van der Waals surface area contributed by atoms with Crippen molar-refractivity contribution in [3.63, 3.8) is 0 Å². The molecule has 0 aliphatic carbocycles. The van der Waals surface area contributed by atoms with Gasteiger partial charge in [-0.15, -0.1) is 0 Å². The van der Waals surface area contributed by atoms with E-state index in [1.54, 1.807) is 32.2 Å². The number of hydrogen-bond donors (Lipinski definition) is 0. The first-order valence-electron chi connectivity index (χ1n) is 9.05. The van der Waals surface area contributed by atoms with Gasteiger partial charge < -0.3 is 14.2 Å². The van der Waals surface area contributed by atoms with Crippen LogP contribution in [0, 0.1) is 6.92 Å². The molecule has 9 heteroatoms. The SMILES string of the molecule is Cc1noc(/C=C/N2CCOCC2)c1S(=O)(=O)N(C)CCc1ccc(Cl)cc1. The zero-order valence-electron chi connectivity index (χ0n) is 16.0. The lowest BCUT2D eigenvalue weighted by molar-refractivity contribution is 0.0597. The fraction of sp³-hybridized carbons (Fsp3) is 0.421. The van der Waals surface area contributed by atoms with Crippen LogP contribution in [0.15, 0.2) is 39.9 Å². The van der Waals surface area contributed by atoms with Gasteiger partial charge in [0.1, 0.15) is 5.69 Å². The molecule has 2 aromatic rings. The highest BCUT2D eigenvalue weighted by Gasteiger charge is 2.29. The summed E-state index contributed by atoms with van der Waals surface area (Å²) in [5.41, 5.74) is 1.36. The van der Waals surface area contributed by atoms with Crippen LogP contribution in [0.3, 0.4) is 0 Å². The van der Waals surface area contributed by atoms with Crippen molar-refractivity contribution < 1.29 is 17.7 Å². The molecular weight excluding hydrogens is 402 g/mol. The van der Waals surface area contributed by atoms with Gasteiger partial charge in [0.15, 0.2) is 10.7 Å². The van der Waals surface area contributed by atoms with Crippen LogP contribution in [0.4, 0.5) is 0 Å². The van der Waals surface area contributed by atoms with Gasteiger partial charge in [-0.2, -0.15) is 0 Å². The molecule has 28 heavy (non-hydrogen) atoms. The Kier molecular flexibility index (Phi) is 6.77. The van der Waals surface area contributed by atoms with Gasteiger partial charge in [-0.1, -0.05) is 28.9 Å². The van der Waals surface area contributed by atoms with Crippen LogP contribution in [0.1, 0.15) is 17.0 Å². The molecule has 2 heterocycles. The predicted molar refractivity (Wildman–Crippen MR) is 108 cm³/mol.